The summed E-state index contributed by atoms with van der Waals surface area (Å²) in [5.41, 5.74) is 2.38. The first-order valence-electron chi connectivity index (χ1n) is 11.5. The third kappa shape index (κ3) is 4.39. The van der Waals surface area contributed by atoms with Crippen molar-refractivity contribution in [3.63, 3.8) is 0 Å². The second kappa shape index (κ2) is 9.77. The van der Waals surface area contributed by atoms with Gasteiger partial charge in [0, 0.05) is 5.56 Å². The lowest BCUT2D eigenvalue weighted by Gasteiger charge is -2.27. The van der Waals surface area contributed by atoms with Gasteiger partial charge >= 0.3 is 0 Å². The summed E-state index contributed by atoms with van der Waals surface area (Å²) in [5.74, 6) is -1.63. The van der Waals surface area contributed by atoms with Gasteiger partial charge in [0.05, 0.1) is 5.39 Å². The van der Waals surface area contributed by atoms with Crippen molar-refractivity contribution in [1.82, 2.24) is 0 Å². The Labute approximate surface area is 188 Å². The van der Waals surface area contributed by atoms with E-state index >= 15 is 0 Å². The molecule has 0 bridgehead atoms. The highest BCUT2D eigenvalue weighted by molar-refractivity contribution is 5.89. The molecule has 1 fully saturated rings. The molecule has 0 aromatic heterocycles. The van der Waals surface area contributed by atoms with Crippen molar-refractivity contribution in [2.24, 2.45) is 5.92 Å². The SMILES string of the molecule is C=CCCc1ccc2cc(-c3ccc(C4CCC(/C=C/C)CC4)cc3)c(F)c(F)c2c1F. The quantitative estimate of drug-likeness (QED) is 0.340. The number of rotatable bonds is 6. The third-order valence-corrected chi connectivity index (χ3v) is 6.75. The Kier molecular flexibility index (Phi) is 6.83. The Morgan fingerprint density at radius 3 is 2.28 bits per heavy atom. The summed E-state index contributed by atoms with van der Waals surface area (Å²) in [6.07, 6.45) is 11.7. The topological polar surface area (TPSA) is 0 Å². The number of halogens is 3. The minimum Gasteiger partial charge on any atom is -0.206 e. The van der Waals surface area contributed by atoms with E-state index in [1.807, 2.05) is 24.3 Å². The van der Waals surface area contributed by atoms with Gasteiger partial charge in [-0.3, -0.25) is 0 Å². The van der Waals surface area contributed by atoms with Gasteiger partial charge in [0.25, 0.3) is 0 Å². The zero-order valence-electron chi connectivity index (χ0n) is 18.5. The van der Waals surface area contributed by atoms with E-state index in [1.165, 1.54) is 18.4 Å². The molecule has 32 heavy (non-hydrogen) atoms. The van der Waals surface area contributed by atoms with Gasteiger partial charge in [-0.25, -0.2) is 13.2 Å². The average molecular weight is 435 g/mol. The number of benzene rings is 3. The Hall–Kier alpha value is -2.81. The second-order valence-corrected chi connectivity index (χ2v) is 8.78. The van der Waals surface area contributed by atoms with Crippen LogP contribution < -0.4 is 0 Å². The lowest BCUT2D eigenvalue weighted by Crippen LogP contribution is -2.11. The van der Waals surface area contributed by atoms with Crippen molar-refractivity contribution in [2.45, 2.75) is 51.4 Å². The first-order valence-corrected chi connectivity index (χ1v) is 11.5. The third-order valence-electron chi connectivity index (χ3n) is 6.75. The maximum atomic E-state index is 15.0. The van der Waals surface area contributed by atoms with Gasteiger partial charge < -0.3 is 0 Å². The van der Waals surface area contributed by atoms with Gasteiger partial charge in [-0.05, 0) is 85.4 Å². The van der Waals surface area contributed by atoms with Gasteiger partial charge in [-0.15, -0.1) is 6.58 Å². The molecule has 166 valence electrons. The molecule has 1 saturated carbocycles. The molecule has 0 amide bonds. The van der Waals surface area contributed by atoms with Crippen LogP contribution in [-0.4, -0.2) is 0 Å². The Morgan fingerprint density at radius 1 is 0.906 bits per heavy atom. The Bertz CT molecular complexity index is 1130. The lowest BCUT2D eigenvalue weighted by atomic mass is 9.78. The summed E-state index contributed by atoms with van der Waals surface area (Å²) in [4.78, 5) is 0. The monoisotopic (exact) mass is 434 g/mol. The molecule has 3 aromatic carbocycles. The van der Waals surface area contributed by atoms with Gasteiger partial charge in [0.2, 0.25) is 0 Å². The van der Waals surface area contributed by atoms with Crippen molar-refractivity contribution in [3.8, 4) is 11.1 Å². The molecule has 3 aromatic rings. The highest BCUT2D eigenvalue weighted by Gasteiger charge is 2.22. The highest BCUT2D eigenvalue weighted by Crippen LogP contribution is 2.38. The van der Waals surface area contributed by atoms with Gasteiger partial charge in [0.15, 0.2) is 11.6 Å². The molecule has 0 aliphatic heterocycles. The van der Waals surface area contributed by atoms with E-state index in [-0.39, 0.29) is 10.9 Å². The van der Waals surface area contributed by atoms with E-state index in [0.717, 1.165) is 12.8 Å². The van der Waals surface area contributed by atoms with E-state index in [9.17, 15) is 13.2 Å². The standard InChI is InChI=1S/C29H29F3/c1-3-5-7-23-16-17-24-18-25(28(31)29(32)26(24)27(23)30)22-14-12-21(13-15-22)20-10-8-19(6-4-2)9-11-20/h3-4,6,12-20H,1,5,7-11H2,2H3/b6-4+. The summed E-state index contributed by atoms with van der Waals surface area (Å²) < 4.78 is 44.8. The zero-order valence-corrected chi connectivity index (χ0v) is 18.5. The van der Waals surface area contributed by atoms with Crippen molar-refractivity contribution in [3.05, 3.63) is 95.9 Å². The fourth-order valence-corrected chi connectivity index (χ4v) is 4.94. The number of fused-ring (bicyclic) bond motifs is 1. The van der Waals surface area contributed by atoms with Crippen LogP contribution in [0.3, 0.4) is 0 Å². The summed E-state index contributed by atoms with van der Waals surface area (Å²) in [5, 5.41) is 0.0902. The molecule has 3 heteroatoms. The second-order valence-electron chi connectivity index (χ2n) is 8.78. The molecule has 0 unspecified atom stereocenters. The van der Waals surface area contributed by atoms with Crippen molar-refractivity contribution in [1.29, 1.82) is 0 Å². The predicted molar refractivity (Wildman–Crippen MR) is 127 cm³/mol. The van der Waals surface area contributed by atoms with E-state index in [2.05, 4.69) is 25.7 Å². The molecule has 4 rings (SSSR count). The van der Waals surface area contributed by atoms with Crippen molar-refractivity contribution < 1.29 is 13.2 Å². The van der Waals surface area contributed by atoms with Crippen molar-refractivity contribution >= 4 is 10.8 Å². The Balaban J connectivity index is 1.62. The predicted octanol–water partition coefficient (Wildman–Crippen LogP) is 8.89. The molecule has 1 aliphatic carbocycles. The number of aryl methyl sites for hydroxylation is 1. The maximum Gasteiger partial charge on any atom is 0.170 e. The van der Waals surface area contributed by atoms with Crippen LogP contribution in [0.2, 0.25) is 0 Å². The maximum absolute atomic E-state index is 15.0. The van der Waals surface area contributed by atoms with E-state index in [1.54, 1.807) is 24.3 Å². The van der Waals surface area contributed by atoms with Crippen LogP contribution in [0.25, 0.3) is 21.9 Å². The number of allylic oxidation sites excluding steroid dienone is 3. The van der Waals surface area contributed by atoms with Crippen LogP contribution in [0.5, 0.6) is 0 Å². The smallest absolute Gasteiger partial charge is 0.170 e. The van der Waals surface area contributed by atoms with Gasteiger partial charge in [-0.2, -0.15) is 0 Å². The first kappa shape index (κ1) is 22.4. The lowest BCUT2D eigenvalue weighted by molar-refractivity contribution is 0.376. The summed E-state index contributed by atoms with van der Waals surface area (Å²) in [6.45, 7) is 5.70. The molecule has 0 saturated heterocycles. The molecular formula is C29H29F3. The van der Waals surface area contributed by atoms with E-state index < -0.39 is 17.5 Å². The normalized spacial score (nSPS) is 19.0. The zero-order chi connectivity index (χ0) is 22.7. The molecule has 0 N–H and O–H groups in total. The fourth-order valence-electron chi connectivity index (χ4n) is 4.94. The Morgan fingerprint density at radius 2 is 1.62 bits per heavy atom. The summed E-state index contributed by atoms with van der Waals surface area (Å²) >= 11 is 0. The van der Waals surface area contributed by atoms with E-state index in [0.29, 0.717) is 41.2 Å². The van der Waals surface area contributed by atoms with Crippen LogP contribution in [0.4, 0.5) is 13.2 Å². The molecule has 0 atom stereocenters. The summed E-state index contributed by atoms with van der Waals surface area (Å²) in [7, 11) is 0. The average Bonchev–Trinajstić information content (AvgIpc) is 2.81. The van der Waals surface area contributed by atoms with Gasteiger partial charge in [0.1, 0.15) is 5.82 Å². The largest absolute Gasteiger partial charge is 0.206 e. The van der Waals surface area contributed by atoms with Gasteiger partial charge in [-0.1, -0.05) is 54.6 Å². The van der Waals surface area contributed by atoms with Crippen LogP contribution in [-0.2, 0) is 6.42 Å². The van der Waals surface area contributed by atoms with Crippen molar-refractivity contribution in [2.75, 3.05) is 0 Å². The number of hydrogen-bond donors (Lipinski definition) is 0. The molecular weight excluding hydrogens is 405 g/mol. The molecule has 0 radical (unpaired) electrons. The summed E-state index contributed by atoms with van der Waals surface area (Å²) in [6, 6.07) is 12.6. The molecule has 1 aliphatic rings. The minimum absolute atomic E-state index is 0.164. The van der Waals surface area contributed by atoms with E-state index in [4.69, 9.17) is 0 Å². The van der Waals surface area contributed by atoms with Crippen LogP contribution >= 0.6 is 0 Å². The molecule has 0 spiro atoms. The highest BCUT2D eigenvalue weighted by atomic mass is 19.2. The fraction of sp³-hybridized carbons (Fsp3) is 0.310. The minimum atomic E-state index is -1.12. The molecule has 0 nitrogen and oxygen atoms in total. The van der Waals surface area contributed by atoms with Crippen LogP contribution in [0.15, 0.2) is 67.3 Å². The molecule has 0 heterocycles. The van der Waals surface area contributed by atoms with Crippen LogP contribution in [0.1, 0.15) is 56.1 Å². The van der Waals surface area contributed by atoms with Crippen LogP contribution in [0, 0.1) is 23.4 Å². The first-order chi connectivity index (χ1) is 15.5. The number of hydrogen-bond acceptors (Lipinski definition) is 0.